The Morgan fingerprint density at radius 3 is 3.00 bits per heavy atom. The van der Waals surface area contributed by atoms with E-state index in [1.54, 1.807) is 6.20 Å². The highest BCUT2D eigenvalue weighted by Gasteiger charge is 2.49. The third kappa shape index (κ3) is 2.88. The Kier molecular flexibility index (Phi) is 4.50. The lowest BCUT2D eigenvalue weighted by molar-refractivity contribution is -0.144. The summed E-state index contributed by atoms with van der Waals surface area (Å²) in [7, 11) is 4.05. The molecule has 0 unspecified atom stereocenters. The molecule has 2 atom stereocenters. The number of carboxylic acid groups (broad SMARTS) is 1. The number of aromatic nitrogens is 2. The highest BCUT2D eigenvalue weighted by Crippen LogP contribution is 2.30. The van der Waals surface area contributed by atoms with Crippen molar-refractivity contribution in [1.29, 1.82) is 0 Å². The molecule has 2 rings (SSSR count). The van der Waals surface area contributed by atoms with Gasteiger partial charge in [-0.05, 0) is 6.42 Å². The number of nitrogens with two attached hydrogens (primary N) is 1. The fourth-order valence-electron chi connectivity index (χ4n) is 2.95. The minimum Gasteiger partial charge on any atom is -0.480 e. The largest absolute Gasteiger partial charge is 0.480 e. The molecule has 0 aromatic carbocycles. The molecule has 6 nitrogen and oxygen atoms in total. The zero-order valence-electron chi connectivity index (χ0n) is 12.2. The van der Waals surface area contributed by atoms with Crippen LogP contribution in [0.1, 0.15) is 18.7 Å². The van der Waals surface area contributed by atoms with E-state index in [0.29, 0.717) is 13.1 Å². The van der Waals surface area contributed by atoms with E-state index in [2.05, 4.69) is 17.7 Å². The summed E-state index contributed by atoms with van der Waals surface area (Å²) in [4.78, 5) is 17.9. The van der Waals surface area contributed by atoms with Gasteiger partial charge in [0.15, 0.2) is 0 Å². The van der Waals surface area contributed by atoms with Crippen molar-refractivity contribution < 1.29 is 9.90 Å². The number of carbonyl (C=O) groups is 1. The molecule has 0 spiro atoms. The van der Waals surface area contributed by atoms with Crippen LogP contribution in [-0.4, -0.2) is 52.0 Å². The predicted octanol–water partition coefficient (Wildman–Crippen LogP) is -0.534. The third-order valence-corrected chi connectivity index (χ3v) is 4.28. The number of carboxylic acids is 1. The van der Waals surface area contributed by atoms with Gasteiger partial charge in [-0.1, -0.05) is 12.7 Å². The molecule has 110 valence electrons. The van der Waals surface area contributed by atoms with Crippen LogP contribution in [0.5, 0.6) is 0 Å². The second-order valence-corrected chi connectivity index (χ2v) is 5.81. The normalized spacial score (nSPS) is 27.0. The van der Waals surface area contributed by atoms with Gasteiger partial charge >= 0.3 is 5.97 Å². The lowest BCUT2D eigenvalue weighted by Crippen LogP contribution is -2.54. The Bertz CT molecular complexity index is 479. The van der Waals surface area contributed by atoms with Gasteiger partial charge in [-0.25, -0.2) is 4.98 Å². The van der Waals surface area contributed by atoms with Crippen LogP contribution >= 0.6 is 0 Å². The Morgan fingerprint density at radius 1 is 1.70 bits per heavy atom. The number of imidazole rings is 1. The van der Waals surface area contributed by atoms with Crippen molar-refractivity contribution in [2.45, 2.75) is 31.2 Å². The van der Waals surface area contributed by atoms with Gasteiger partial charge in [0.2, 0.25) is 0 Å². The Hall–Kier alpha value is -1.34. The minimum absolute atomic E-state index is 0.0141. The second-order valence-electron chi connectivity index (χ2n) is 5.81. The fourth-order valence-corrected chi connectivity index (χ4v) is 2.95. The summed E-state index contributed by atoms with van der Waals surface area (Å²) in [5, 5.41) is 9.47. The molecule has 20 heavy (non-hydrogen) atoms. The van der Waals surface area contributed by atoms with Gasteiger partial charge in [0.25, 0.3) is 0 Å². The summed E-state index contributed by atoms with van der Waals surface area (Å²) < 4.78 is 1.96. The maximum absolute atomic E-state index is 11.5. The summed E-state index contributed by atoms with van der Waals surface area (Å²) in [5.74, 6) is 0.0649. The van der Waals surface area contributed by atoms with Gasteiger partial charge < -0.3 is 15.4 Å². The molecular weight excluding hydrogens is 255 g/mol. The Labute approximate surface area is 120 Å². The zero-order valence-corrected chi connectivity index (χ0v) is 12.2. The first-order valence-electron chi connectivity index (χ1n) is 7.18. The van der Waals surface area contributed by atoms with Crippen molar-refractivity contribution in [3.63, 3.8) is 0 Å². The van der Waals surface area contributed by atoms with Crippen LogP contribution in [0.3, 0.4) is 0 Å². The number of aryl methyl sites for hydroxylation is 1. The van der Waals surface area contributed by atoms with E-state index in [1.165, 1.54) is 0 Å². The van der Waals surface area contributed by atoms with Gasteiger partial charge in [0, 0.05) is 38.4 Å². The molecule has 1 saturated heterocycles. The maximum atomic E-state index is 11.5. The van der Waals surface area contributed by atoms with Gasteiger partial charge in [0.05, 0.1) is 6.54 Å². The fraction of sp³-hybridized carbons (Fsp3) is 0.692. The van der Waals surface area contributed by atoms with Crippen molar-refractivity contribution in [1.82, 2.24) is 14.5 Å². The van der Waals surface area contributed by atoms with Crippen LogP contribution in [-0.2, 0) is 18.4 Å². The zero-order chi connectivity index (χ0) is 14.8. The van der Waals surface area contributed by atoms with Crippen LogP contribution in [0, 0.1) is 5.92 Å². The highest BCUT2D eigenvalue weighted by atomic mass is 16.4. The van der Waals surface area contributed by atoms with Crippen molar-refractivity contribution >= 4 is 13.8 Å². The van der Waals surface area contributed by atoms with Crippen molar-refractivity contribution in [2.24, 2.45) is 18.7 Å². The molecule has 1 aliphatic rings. The highest BCUT2D eigenvalue weighted by molar-refractivity contribution is 6.08. The van der Waals surface area contributed by atoms with Gasteiger partial charge in [-0.3, -0.25) is 9.69 Å². The Balaban J connectivity index is 2.07. The monoisotopic (exact) mass is 278 g/mol. The quantitative estimate of drug-likeness (QED) is 0.683. The molecule has 1 fully saturated rings. The molecule has 0 saturated carbocycles. The standard InChI is InChI=1S/C13H23BN4O2/c1-17-6-5-16-11(17)8-18-7-10(3-2-4-14)13(15,9-18)12(19)20/h5-6,10H,2-4,7-9,14-15H2,1H3,(H,19,20)/t10-,13-/m0/s1. The number of nitrogens with zero attached hydrogens (tertiary/aromatic N) is 3. The molecule has 1 aliphatic heterocycles. The summed E-state index contributed by atoms with van der Waals surface area (Å²) in [5.41, 5.74) is 5.05. The molecule has 0 radical (unpaired) electrons. The smallest absolute Gasteiger partial charge is 0.325 e. The van der Waals surface area contributed by atoms with E-state index >= 15 is 0 Å². The van der Waals surface area contributed by atoms with Crippen LogP contribution in [0.4, 0.5) is 0 Å². The second kappa shape index (κ2) is 5.97. The lowest BCUT2D eigenvalue weighted by Gasteiger charge is -2.25. The van der Waals surface area contributed by atoms with Crippen LogP contribution in [0.25, 0.3) is 0 Å². The van der Waals surface area contributed by atoms with E-state index in [1.807, 2.05) is 17.8 Å². The number of hydrogen-bond acceptors (Lipinski definition) is 4. The first kappa shape index (κ1) is 15.1. The summed E-state index contributed by atoms with van der Waals surface area (Å²) in [6.45, 7) is 1.78. The minimum atomic E-state index is -1.12. The van der Waals surface area contributed by atoms with E-state index in [9.17, 15) is 9.90 Å². The van der Waals surface area contributed by atoms with Gasteiger partial charge in [0.1, 0.15) is 19.2 Å². The van der Waals surface area contributed by atoms with Gasteiger partial charge in [-0.15, -0.1) is 0 Å². The van der Waals surface area contributed by atoms with E-state index in [0.717, 1.165) is 31.5 Å². The van der Waals surface area contributed by atoms with Gasteiger partial charge in [-0.2, -0.15) is 0 Å². The summed E-state index contributed by atoms with van der Waals surface area (Å²) in [6, 6.07) is 0. The average molecular weight is 278 g/mol. The third-order valence-electron chi connectivity index (χ3n) is 4.28. The molecule has 0 aliphatic carbocycles. The first-order valence-corrected chi connectivity index (χ1v) is 7.18. The van der Waals surface area contributed by atoms with E-state index in [-0.39, 0.29) is 5.92 Å². The van der Waals surface area contributed by atoms with E-state index in [4.69, 9.17) is 5.73 Å². The molecule has 1 aromatic heterocycles. The number of hydrogen-bond donors (Lipinski definition) is 2. The van der Waals surface area contributed by atoms with Crippen LogP contribution in [0.2, 0.25) is 6.32 Å². The van der Waals surface area contributed by atoms with Crippen molar-refractivity contribution in [2.75, 3.05) is 13.1 Å². The number of likely N-dealkylation sites (tertiary alicyclic amines) is 1. The summed E-state index contributed by atoms with van der Waals surface area (Å²) in [6.07, 6.45) is 6.61. The topological polar surface area (TPSA) is 84.4 Å². The molecule has 3 N–H and O–H groups in total. The number of rotatable bonds is 6. The molecule has 1 aromatic rings. The molecule has 2 heterocycles. The average Bonchev–Trinajstić information content (AvgIpc) is 2.93. The molecular formula is C13H23BN4O2. The molecule has 0 amide bonds. The van der Waals surface area contributed by atoms with Crippen LogP contribution in [0.15, 0.2) is 12.4 Å². The van der Waals surface area contributed by atoms with Crippen molar-refractivity contribution in [3.05, 3.63) is 18.2 Å². The van der Waals surface area contributed by atoms with E-state index < -0.39 is 11.5 Å². The summed E-state index contributed by atoms with van der Waals surface area (Å²) >= 11 is 0. The number of aliphatic carboxylic acids is 1. The molecule has 7 heteroatoms. The molecule has 0 bridgehead atoms. The first-order chi connectivity index (χ1) is 9.47. The SMILES string of the molecule is BCCC[C@H]1CN(Cc2nccn2C)C[C@@]1(N)C(=O)O. The van der Waals surface area contributed by atoms with Crippen LogP contribution < -0.4 is 5.73 Å². The lowest BCUT2D eigenvalue weighted by atomic mass is 9.83. The predicted molar refractivity (Wildman–Crippen MR) is 79.1 cm³/mol. The van der Waals surface area contributed by atoms with Crippen molar-refractivity contribution in [3.8, 4) is 0 Å². The maximum Gasteiger partial charge on any atom is 0.325 e. The Morgan fingerprint density at radius 2 is 2.45 bits per heavy atom.